The molecule has 0 aliphatic heterocycles. The molecule has 96 valence electrons. The summed E-state index contributed by atoms with van der Waals surface area (Å²) in [6.07, 6.45) is 0. The van der Waals surface area contributed by atoms with Gasteiger partial charge in [0.1, 0.15) is 5.75 Å². The smallest absolute Gasteiger partial charge is 0.122 e. The lowest BCUT2D eigenvalue weighted by molar-refractivity contribution is 0.267. The summed E-state index contributed by atoms with van der Waals surface area (Å²) in [4.78, 5) is 2.03. The molecule has 1 atom stereocenters. The summed E-state index contributed by atoms with van der Waals surface area (Å²) in [6, 6.07) is 5.82. The number of aryl methyl sites for hydroxylation is 1. The van der Waals surface area contributed by atoms with Crippen LogP contribution in [-0.2, 0) is 0 Å². The van der Waals surface area contributed by atoms with E-state index in [1.165, 1.54) is 0 Å². The van der Waals surface area contributed by atoms with Crippen molar-refractivity contribution in [3.63, 3.8) is 0 Å². The number of nitrogens with two attached hydrogens (primary N) is 1. The van der Waals surface area contributed by atoms with E-state index in [4.69, 9.17) is 15.6 Å². The second-order valence-corrected chi connectivity index (χ2v) is 4.21. The SMILES string of the molecule is CCOc1ccc(N(C)CC(N)CO)cc1C. The molecule has 17 heavy (non-hydrogen) atoms. The lowest BCUT2D eigenvalue weighted by Gasteiger charge is -2.23. The highest BCUT2D eigenvalue weighted by Crippen LogP contribution is 2.23. The van der Waals surface area contributed by atoms with Crippen LogP contribution in [0.4, 0.5) is 5.69 Å². The summed E-state index contributed by atoms with van der Waals surface area (Å²) in [7, 11) is 1.96. The minimum Gasteiger partial charge on any atom is -0.494 e. The van der Waals surface area contributed by atoms with E-state index in [0.29, 0.717) is 13.2 Å². The normalized spacial score (nSPS) is 12.3. The lowest BCUT2D eigenvalue weighted by atomic mass is 10.2. The largest absolute Gasteiger partial charge is 0.494 e. The summed E-state index contributed by atoms with van der Waals surface area (Å²) < 4.78 is 5.49. The van der Waals surface area contributed by atoms with E-state index in [9.17, 15) is 0 Å². The van der Waals surface area contributed by atoms with Crippen molar-refractivity contribution >= 4 is 5.69 Å². The first-order valence-electron chi connectivity index (χ1n) is 5.89. The molecular formula is C13H22N2O2. The molecule has 3 N–H and O–H groups in total. The van der Waals surface area contributed by atoms with E-state index in [-0.39, 0.29) is 12.6 Å². The molecule has 0 spiro atoms. The second-order valence-electron chi connectivity index (χ2n) is 4.21. The molecule has 4 nitrogen and oxygen atoms in total. The van der Waals surface area contributed by atoms with Crippen molar-refractivity contribution in [2.45, 2.75) is 19.9 Å². The molecule has 0 amide bonds. The molecule has 0 aliphatic rings. The predicted octanol–water partition coefficient (Wildman–Crippen LogP) is 1.15. The zero-order chi connectivity index (χ0) is 12.8. The highest BCUT2D eigenvalue weighted by molar-refractivity contribution is 5.52. The molecule has 0 saturated heterocycles. The first-order chi connectivity index (χ1) is 8.08. The third-order valence-electron chi connectivity index (χ3n) is 2.64. The van der Waals surface area contributed by atoms with E-state index < -0.39 is 0 Å². The Hall–Kier alpha value is -1.26. The number of nitrogens with zero attached hydrogens (tertiary/aromatic N) is 1. The number of likely N-dealkylation sites (N-methyl/N-ethyl adjacent to an activating group) is 1. The van der Waals surface area contributed by atoms with Gasteiger partial charge in [-0.3, -0.25) is 0 Å². The van der Waals surface area contributed by atoms with Crippen molar-refractivity contribution in [3.8, 4) is 5.75 Å². The Morgan fingerprint density at radius 2 is 2.18 bits per heavy atom. The Morgan fingerprint density at radius 1 is 1.47 bits per heavy atom. The summed E-state index contributed by atoms with van der Waals surface area (Å²) in [5.41, 5.74) is 7.89. The van der Waals surface area contributed by atoms with Gasteiger partial charge in [0.05, 0.1) is 13.2 Å². The van der Waals surface area contributed by atoms with E-state index in [0.717, 1.165) is 17.0 Å². The quantitative estimate of drug-likeness (QED) is 0.780. The maximum absolute atomic E-state index is 8.93. The van der Waals surface area contributed by atoms with Crippen LogP contribution in [0.3, 0.4) is 0 Å². The Morgan fingerprint density at radius 3 is 2.71 bits per heavy atom. The highest BCUT2D eigenvalue weighted by atomic mass is 16.5. The van der Waals surface area contributed by atoms with Gasteiger partial charge >= 0.3 is 0 Å². The Bertz CT molecular complexity index is 355. The van der Waals surface area contributed by atoms with Crippen molar-refractivity contribution in [1.82, 2.24) is 0 Å². The van der Waals surface area contributed by atoms with Crippen LogP contribution >= 0.6 is 0 Å². The van der Waals surface area contributed by atoms with Crippen molar-refractivity contribution in [3.05, 3.63) is 23.8 Å². The number of ether oxygens (including phenoxy) is 1. The van der Waals surface area contributed by atoms with Gasteiger partial charge in [-0.2, -0.15) is 0 Å². The van der Waals surface area contributed by atoms with Gasteiger partial charge in [0.2, 0.25) is 0 Å². The van der Waals surface area contributed by atoms with E-state index in [1.54, 1.807) is 0 Å². The number of rotatable bonds is 6. The lowest BCUT2D eigenvalue weighted by Crippen LogP contribution is -2.37. The van der Waals surface area contributed by atoms with Gasteiger partial charge in [0.25, 0.3) is 0 Å². The van der Waals surface area contributed by atoms with Gasteiger partial charge in [0.15, 0.2) is 0 Å². The third kappa shape index (κ3) is 3.91. The molecule has 0 fully saturated rings. The molecule has 4 heteroatoms. The Balaban J connectivity index is 2.75. The molecule has 0 bridgehead atoms. The van der Waals surface area contributed by atoms with Gasteiger partial charge in [0, 0.05) is 25.3 Å². The molecule has 0 aliphatic carbocycles. The molecule has 0 aromatic heterocycles. The van der Waals surface area contributed by atoms with Crippen LogP contribution in [0.1, 0.15) is 12.5 Å². The third-order valence-corrected chi connectivity index (χ3v) is 2.64. The molecule has 1 unspecified atom stereocenters. The Labute approximate surface area is 103 Å². The molecule has 0 radical (unpaired) electrons. The minimum absolute atomic E-state index is 0.000349. The number of anilines is 1. The predicted molar refractivity (Wildman–Crippen MR) is 70.7 cm³/mol. The van der Waals surface area contributed by atoms with Gasteiger partial charge in [-0.1, -0.05) is 0 Å². The van der Waals surface area contributed by atoms with E-state index in [2.05, 4.69) is 6.07 Å². The van der Waals surface area contributed by atoms with Gasteiger partial charge < -0.3 is 20.5 Å². The van der Waals surface area contributed by atoms with Gasteiger partial charge in [-0.25, -0.2) is 0 Å². The van der Waals surface area contributed by atoms with Crippen molar-refractivity contribution < 1.29 is 9.84 Å². The summed E-state index contributed by atoms with van der Waals surface area (Å²) in [5, 5.41) is 8.93. The van der Waals surface area contributed by atoms with Crippen LogP contribution in [0, 0.1) is 6.92 Å². The molecule has 1 aromatic carbocycles. The standard InChI is InChI=1S/C13H22N2O2/c1-4-17-13-6-5-12(7-10(13)2)15(3)8-11(14)9-16/h5-7,11,16H,4,8-9,14H2,1-3H3. The molecule has 0 heterocycles. The first-order valence-corrected chi connectivity index (χ1v) is 5.89. The van der Waals surface area contributed by atoms with Crippen molar-refractivity contribution in [2.75, 3.05) is 31.7 Å². The van der Waals surface area contributed by atoms with Crippen LogP contribution in [0.5, 0.6) is 5.75 Å². The van der Waals surface area contributed by atoms with Crippen molar-refractivity contribution in [2.24, 2.45) is 5.73 Å². The fourth-order valence-corrected chi connectivity index (χ4v) is 1.70. The monoisotopic (exact) mass is 238 g/mol. The number of benzene rings is 1. The van der Waals surface area contributed by atoms with E-state index >= 15 is 0 Å². The summed E-state index contributed by atoms with van der Waals surface area (Å²) >= 11 is 0. The van der Waals surface area contributed by atoms with E-state index in [1.807, 2.05) is 37.9 Å². The summed E-state index contributed by atoms with van der Waals surface area (Å²) in [5.74, 6) is 0.913. The molecular weight excluding hydrogens is 216 g/mol. The molecule has 1 rings (SSSR count). The Kier molecular flexibility index (Phi) is 5.25. The maximum Gasteiger partial charge on any atom is 0.122 e. The zero-order valence-corrected chi connectivity index (χ0v) is 10.8. The first kappa shape index (κ1) is 13.8. The topological polar surface area (TPSA) is 58.7 Å². The average molecular weight is 238 g/mol. The van der Waals surface area contributed by atoms with Crippen LogP contribution in [0.15, 0.2) is 18.2 Å². The second kappa shape index (κ2) is 6.47. The van der Waals surface area contributed by atoms with Gasteiger partial charge in [-0.05, 0) is 37.6 Å². The maximum atomic E-state index is 8.93. The number of aliphatic hydroxyl groups is 1. The number of hydrogen-bond donors (Lipinski definition) is 2. The number of hydrogen-bond acceptors (Lipinski definition) is 4. The number of aliphatic hydroxyl groups excluding tert-OH is 1. The van der Waals surface area contributed by atoms with Crippen LogP contribution in [-0.4, -0.2) is 38.0 Å². The molecule has 0 saturated carbocycles. The summed E-state index contributed by atoms with van der Waals surface area (Å²) in [6.45, 7) is 5.30. The fraction of sp³-hybridized carbons (Fsp3) is 0.538. The highest BCUT2D eigenvalue weighted by Gasteiger charge is 2.08. The van der Waals surface area contributed by atoms with Crippen LogP contribution < -0.4 is 15.4 Å². The van der Waals surface area contributed by atoms with Crippen molar-refractivity contribution in [1.29, 1.82) is 0 Å². The zero-order valence-electron chi connectivity index (χ0n) is 10.8. The van der Waals surface area contributed by atoms with Gasteiger partial charge in [-0.15, -0.1) is 0 Å². The van der Waals surface area contributed by atoms with Crippen LogP contribution in [0.25, 0.3) is 0 Å². The average Bonchev–Trinajstić information content (AvgIpc) is 2.31. The fourth-order valence-electron chi connectivity index (χ4n) is 1.70. The minimum atomic E-state index is -0.216. The molecule has 1 aromatic rings. The van der Waals surface area contributed by atoms with Crippen LogP contribution in [0.2, 0.25) is 0 Å².